The van der Waals surface area contributed by atoms with E-state index in [4.69, 9.17) is 18.9 Å². The molecular weight excluding hydrogens is 292 g/mol. The lowest BCUT2D eigenvalue weighted by molar-refractivity contribution is -0.319. The van der Waals surface area contributed by atoms with Crippen molar-refractivity contribution in [2.75, 3.05) is 26.4 Å². The maximum Gasteiger partial charge on any atom is 0.160 e. The van der Waals surface area contributed by atoms with E-state index in [0.29, 0.717) is 38.3 Å². The fourth-order valence-corrected chi connectivity index (χ4v) is 4.05. The molecule has 2 atom stereocenters. The third kappa shape index (κ3) is 3.55. The predicted molar refractivity (Wildman–Crippen MR) is 86.8 cm³/mol. The van der Waals surface area contributed by atoms with Gasteiger partial charge in [-0.25, -0.2) is 0 Å². The molecule has 0 aromatic heterocycles. The molecule has 2 fully saturated rings. The van der Waals surface area contributed by atoms with Gasteiger partial charge in [0.25, 0.3) is 0 Å². The Hall–Kier alpha value is -0.680. The van der Waals surface area contributed by atoms with Crippen LogP contribution in [-0.4, -0.2) is 39.0 Å². The Labute approximate surface area is 138 Å². The van der Waals surface area contributed by atoms with E-state index in [2.05, 4.69) is 24.3 Å². The molecule has 0 unspecified atom stereocenters. The first kappa shape index (κ1) is 15.8. The molecule has 2 saturated heterocycles. The van der Waals surface area contributed by atoms with E-state index >= 15 is 0 Å². The second kappa shape index (κ2) is 7.06. The minimum atomic E-state index is -0.109. The highest BCUT2D eigenvalue weighted by Gasteiger charge is 2.44. The average molecular weight is 320 g/mol. The highest BCUT2D eigenvalue weighted by Crippen LogP contribution is 2.37. The number of allylic oxidation sites excluding steroid dienone is 4. The summed E-state index contributed by atoms with van der Waals surface area (Å²) in [5, 5.41) is 0. The molecule has 4 rings (SSSR count). The van der Waals surface area contributed by atoms with E-state index in [1.54, 1.807) is 0 Å². The van der Waals surface area contributed by atoms with Crippen molar-refractivity contribution in [1.29, 1.82) is 0 Å². The molecule has 128 valence electrons. The molecule has 0 bridgehead atoms. The van der Waals surface area contributed by atoms with Crippen LogP contribution in [0.25, 0.3) is 0 Å². The van der Waals surface area contributed by atoms with Gasteiger partial charge in [0.05, 0.1) is 31.8 Å². The molecule has 2 aliphatic heterocycles. The first-order valence-electron chi connectivity index (χ1n) is 9.11. The Kier molecular flexibility index (Phi) is 4.86. The van der Waals surface area contributed by atoms with E-state index < -0.39 is 0 Å². The van der Waals surface area contributed by atoms with Crippen molar-refractivity contribution < 1.29 is 18.9 Å². The number of hydrogen-bond donors (Lipinski definition) is 0. The maximum absolute atomic E-state index is 6.06. The van der Waals surface area contributed by atoms with Crippen LogP contribution in [0.4, 0.5) is 0 Å². The molecule has 23 heavy (non-hydrogen) atoms. The lowest BCUT2D eigenvalue weighted by atomic mass is 9.87. The van der Waals surface area contributed by atoms with Gasteiger partial charge in [-0.05, 0) is 38.5 Å². The largest absolute Gasteiger partial charge is 0.352 e. The van der Waals surface area contributed by atoms with Gasteiger partial charge in [0.2, 0.25) is 0 Å². The molecule has 0 aromatic rings. The van der Waals surface area contributed by atoms with Crippen LogP contribution in [0.1, 0.15) is 38.5 Å². The fourth-order valence-electron chi connectivity index (χ4n) is 4.05. The van der Waals surface area contributed by atoms with Gasteiger partial charge < -0.3 is 18.9 Å². The number of hydrogen-bond acceptors (Lipinski definition) is 4. The second-order valence-corrected chi connectivity index (χ2v) is 7.57. The highest BCUT2D eigenvalue weighted by atomic mass is 16.7. The smallest absolute Gasteiger partial charge is 0.160 e. The summed E-state index contributed by atoms with van der Waals surface area (Å²) in [4.78, 5) is 0. The molecule has 0 N–H and O–H groups in total. The monoisotopic (exact) mass is 320 g/mol. The molecule has 0 amide bonds. The van der Waals surface area contributed by atoms with E-state index in [-0.39, 0.29) is 18.0 Å². The predicted octanol–water partition coefficient (Wildman–Crippen LogP) is 3.43. The van der Waals surface area contributed by atoms with Crippen LogP contribution in [0.2, 0.25) is 0 Å². The summed E-state index contributed by atoms with van der Waals surface area (Å²) < 4.78 is 24.3. The van der Waals surface area contributed by atoms with Crippen LogP contribution in [-0.2, 0) is 18.9 Å². The van der Waals surface area contributed by atoms with Gasteiger partial charge in [-0.2, -0.15) is 0 Å². The second-order valence-electron chi connectivity index (χ2n) is 7.57. The van der Waals surface area contributed by atoms with E-state index in [9.17, 15) is 0 Å². The van der Waals surface area contributed by atoms with Crippen LogP contribution in [0.15, 0.2) is 24.3 Å². The molecule has 0 radical (unpaired) electrons. The zero-order valence-electron chi connectivity index (χ0n) is 13.8. The minimum absolute atomic E-state index is 0.0493. The van der Waals surface area contributed by atoms with Crippen molar-refractivity contribution >= 4 is 0 Å². The van der Waals surface area contributed by atoms with Gasteiger partial charge in [-0.15, -0.1) is 0 Å². The van der Waals surface area contributed by atoms with Crippen LogP contribution in [0.5, 0.6) is 0 Å². The van der Waals surface area contributed by atoms with Gasteiger partial charge in [0, 0.05) is 11.8 Å². The van der Waals surface area contributed by atoms with Crippen molar-refractivity contribution in [1.82, 2.24) is 0 Å². The Morgan fingerprint density at radius 2 is 1.04 bits per heavy atom. The summed E-state index contributed by atoms with van der Waals surface area (Å²) in [5.74, 6) is 1.01. The van der Waals surface area contributed by atoms with E-state index in [0.717, 1.165) is 25.7 Å². The van der Waals surface area contributed by atoms with E-state index in [1.165, 1.54) is 12.8 Å². The lowest BCUT2D eigenvalue weighted by Gasteiger charge is -2.46. The molecule has 0 aromatic carbocycles. The molecule has 2 heterocycles. The van der Waals surface area contributed by atoms with Crippen molar-refractivity contribution in [3.8, 4) is 0 Å². The third-order valence-corrected chi connectivity index (χ3v) is 5.60. The average Bonchev–Trinajstić information content (AvgIpc) is 2.65. The zero-order chi connectivity index (χ0) is 15.5. The molecule has 1 spiro atoms. The van der Waals surface area contributed by atoms with Gasteiger partial charge in [-0.1, -0.05) is 24.3 Å². The zero-order valence-corrected chi connectivity index (χ0v) is 13.8. The highest BCUT2D eigenvalue weighted by molar-refractivity contribution is 4.94. The quantitative estimate of drug-likeness (QED) is 0.731. The van der Waals surface area contributed by atoms with Crippen LogP contribution >= 0.6 is 0 Å². The number of ether oxygens (including phenoxy) is 4. The molecular formula is C19H28O4. The van der Waals surface area contributed by atoms with Crippen molar-refractivity contribution in [2.24, 2.45) is 17.3 Å². The van der Waals surface area contributed by atoms with Gasteiger partial charge >= 0.3 is 0 Å². The topological polar surface area (TPSA) is 36.9 Å². The molecule has 0 saturated carbocycles. The summed E-state index contributed by atoms with van der Waals surface area (Å²) in [6.45, 7) is 2.76. The molecule has 4 nitrogen and oxygen atoms in total. The van der Waals surface area contributed by atoms with Gasteiger partial charge in [0.1, 0.15) is 0 Å². The van der Waals surface area contributed by atoms with Crippen LogP contribution < -0.4 is 0 Å². The Morgan fingerprint density at radius 3 is 1.39 bits per heavy atom. The van der Waals surface area contributed by atoms with Crippen LogP contribution in [0.3, 0.4) is 0 Å². The molecule has 4 heteroatoms. The van der Waals surface area contributed by atoms with Gasteiger partial charge in [-0.3, -0.25) is 0 Å². The van der Waals surface area contributed by atoms with Crippen molar-refractivity contribution in [2.45, 2.75) is 51.1 Å². The van der Waals surface area contributed by atoms with Crippen molar-refractivity contribution in [3.63, 3.8) is 0 Å². The first-order valence-corrected chi connectivity index (χ1v) is 9.11. The Morgan fingerprint density at radius 1 is 0.609 bits per heavy atom. The maximum atomic E-state index is 6.06. The Balaban J connectivity index is 1.27. The summed E-state index contributed by atoms with van der Waals surface area (Å²) in [5.41, 5.74) is -0.109. The number of rotatable bonds is 2. The van der Waals surface area contributed by atoms with Crippen molar-refractivity contribution in [3.05, 3.63) is 24.3 Å². The normalized spacial score (nSPS) is 44.5. The summed E-state index contributed by atoms with van der Waals surface area (Å²) in [6.07, 6.45) is 15.7. The summed E-state index contributed by atoms with van der Waals surface area (Å²) in [7, 11) is 0. The first-order chi connectivity index (χ1) is 11.3. The van der Waals surface area contributed by atoms with Gasteiger partial charge in [0.15, 0.2) is 12.6 Å². The minimum Gasteiger partial charge on any atom is -0.352 e. The van der Waals surface area contributed by atoms with E-state index in [1.807, 2.05) is 0 Å². The lowest BCUT2D eigenvalue weighted by Crippen LogP contribution is -2.54. The standard InChI is InChI=1S/C19H28O4/c1-3-7-15(8-4-1)17-20-11-19(12-21-17)13-22-18(23-14-19)16-9-5-2-6-10-16/h1-3,5,15-18H,4,6-14H2/t15-,16-,17?,18?,19?/m1/s1. The molecule has 4 aliphatic rings. The summed E-state index contributed by atoms with van der Waals surface area (Å²) in [6, 6.07) is 0. The summed E-state index contributed by atoms with van der Waals surface area (Å²) >= 11 is 0. The SMILES string of the molecule is C1=CC[C@@H](C2OCC3(CO2)COC([C@@H]2CC=CCC2)OC3)CC1. The Bertz CT molecular complexity index is 397. The third-order valence-electron chi connectivity index (χ3n) is 5.60. The fraction of sp³-hybridized carbons (Fsp3) is 0.789. The van der Waals surface area contributed by atoms with Crippen LogP contribution in [0, 0.1) is 17.3 Å². The molecule has 2 aliphatic carbocycles.